The van der Waals surface area contributed by atoms with Crippen LogP contribution in [-0.2, 0) is 0 Å². The van der Waals surface area contributed by atoms with Crippen LogP contribution in [0, 0.1) is 6.92 Å². The first-order valence-electron chi connectivity index (χ1n) is 4.52. The Balaban J connectivity index is 0.000000561. The van der Waals surface area contributed by atoms with E-state index < -0.39 is 0 Å². The second kappa shape index (κ2) is 6.71. The third kappa shape index (κ3) is 4.02. The van der Waals surface area contributed by atoms with E-state index in [1.807, 2.05) is 45.0 Å². The second-order valence-electron chi connectivity index (χ2n) is 2.25. The van der Waals surface area contributed by atoms with Gasteiger partial charge < -0.3 is 4.74 Å². The Labute approximate surface area is 75.4 Å². The number of hydrogen-bond donors (Lipinski definition) is 0. The van der Waals surface area contributed by atoms with E-state index in [2.05, 4.69) is 6.92 Å². The van der Waals surface area contributed by atoms with E-state index in [0.29, 0.717) is 0 Å². The molecule has 0 heterocycles. The van der Waals surface area contributed by atoms with E-state index >= 15 is 0 Å². The van der Waals surface area contributed by atoms with Gasteiger partial charge in [-0.25, -0.2) is 0 Å². The molecule has 0 fully saturated rings. The highest BCUT2D eigenvalue weighted by molar-refractivity contribution is 5.26. The van der Waals surface area contributed by atoms with Crippen LogP contribution < -0.4 is 4.74 Å². The Morgan fingerprint density at radius 2 is 1.58 bits per heavy atom. The first-order chi connectivity index (χ1) is 5.83. The Hall–Kier alpha value is -0.980. The maximum Gasteiger partial charge on any atom is 0.119 e. The highest BCUT2D eigenvalue weighted by Crippen LogP contribution is 2.10. The van der Waals surface area contributed by atoms with Crippen molar-refractivity contribution in [3.8, 4) is 5.75 Å². The van der Waals surface area contributed by atoms with E-state index in [1.54, 1.807) is 0 Å². The molecule has 1 rings (SSSR count). The van der Waals surface area contributed by atoms with Gasteiger partial charge in [-0.05, 0) is 26.0 Å². The molecule has 0 saturated heterocycles. The molecular weight excluding hydrogens is 148 g/mol. The van der Waals surface area contributed by atoms with Crippen LogP contribution in [0.3, 0.4) is 0 Å². The molecule has 12 heavy (non-hydrogen) atoms. The van der Waals surface area contributed by atoms with Gasteiger partial charge in [0, 0.05) is 0 Å². The number of ether oxygens (including phenoxy) is 1. The van der Waals surface area contributed by atoms with Gasteiger partial charge in [0.2, 0.25) is 0 Å². The molecule has 0 aromatic heterocycles. The molecular formula is C11H18O. The molecule has 0 aliphatic rings. The third-order valence-electron chi connectivity index (χ3n) is 1.33. The highest BCUT2D eigenvalue weighted by Gasteiger charge is 1.87. The van der Waals surface area contributed by atoms with Crippen molar-refractivity contribution < 1.29 is 4.74 Å². The maximum absolute atomic E-state index is 5.26. The topological polar surface area (TPSA) is 9.23 Å². The molecule has 0 unspecified atom stereocenters. The molecule has 68 valence electrons. The number of rotatable bonds is 2. The van der Waals surface area contributed by atoms with Gasteiger partial charge in [-0.1, -0.05) is 31.5 Å². The average Bonchev–Trinajstić information content (AvgIpc) is 2.13. The lowest BCUT2D eigenvalue weighted by Gasteiger charge is -2.01. The standard InChI is InChI=1S/C9H12O.C2H6/c1-3-10-9-6-4-8(2)5-7-9;1-2/h4-7H,3H2,1-2H3;1-2H3. The Bertz CT molecular complexity index is 189. The van der Waals surface area contributed by atoms with Gasteiger partial charge in [0.05, 0.1) is 6.61 Å². The van der Waals surface area contributed by atoms with E-state index in [4.69, 9.17) is 4.74 Å². The third-order valence-corrected chi connectivity index (χ3v) is 1.33. The molecule has 0 bridgehead atoms. The zero-order chi connectivity index (χ0) is 9.40. The zero-order valence-corrected chi connectivity index (χ0v) is 8.42. The first-order valence-corrected chi connectivity index (χ1v) is 4.52. The molecule has 1 heteroatoms. The summed E-state index contributed by atoms with van der Waals surface area (Å²) in [5.41, 5.74) is 1.27. The van der Waals surface area contributed by atoms with Crippen molar-refractivity contribution in [1.29, 1.82) is 0 Å². The summed E-state index contributed by atoms with van der Waals surface area (Å²) in [5, 5.41) is 0. The summed E-state index contributed by atoms with van der Waals surface area (Å²) < 4.78 is 5.26. The number of hydrogen-bond acceptors (Lipinski definition) is 1. The van der Waals surface area contributed by atoms with E-state index in [-0.39, 0.29) is 0 Å². The summed E-state index contributed by atoms with van der Waals surface area (Å²) in [6, 6.07) is 8.06. The van der Waals surface area contributed by atoms with Crippen LogP contribution in [0.2, 0.25) is 0 Å². The summed E-state index contributed by atoms with van der Waals surface area (Å²) in [4.78, 5) is 0. The Kier molecular flexibility index (Phi) is 6.16. The molecule has 1 nitrogen and oxygen atoms in total. The Morgan fingerprint density at radius 3 is 2.00 bits per heavy atom. The molecule has 0 aliphatic heterocycles. The number of benzene rings is 1. The van der Waals surface area contributed by atoms with Gasteiger partial charge in [0.15, 0.2) is 0 Å². The minimum absolute atomic E-state index is 0.739. The van der Waals surface area contributed by atoms with E-state index in [9.17, 15) is 0 Å². The quantitative estimate of drug-likeness (QED) is 0.654. The first kappa shape index (κ1) is 11.0. The van der Waals surface area contributed by atoms with Crippen molar-refractivity contribution >= 4 is 0 Å². The SMILES string of the molecule is CC.CCOc1ccc(C)cc1. The van der Waals surface area contributed by atoms with Crippen LogP contribution in [0.1, 0.15) is 26.3 Å². The lowest BCUT2D eigenvalue weighted by Crippen LogP contribution is -1.90. The van der Waals surface area contributed by atoms with Crippen molar-refractivity contribution in [3.05, 3.63) is 29.8 Å². The Morgan fingerprint density at radius 1 is 1.08 bits per heavy atom. The van der Waals surface area contributed by atoms with Crippen LogP contribution >= 0.6 is 0 Å². The molecule has 0 saturated carbocycles. The van der Waals surface area contributed by atoms with Crippen molar-refractivity contribution in [2.75, 3.05) is 6.61 Å². The number of aryl methyl sites for hydroxylation is 1. The minimum Gasteiger partial charge on any atom is -0.494 e. The molecule has 0 spiro atoms. The lowest BCUT2D eigenvalue weighted by atomic mass is 10.2. The van der Waals surface area contributed by atoms with Gasteiger partial charge in [0.1, 0.15) is 5.75 Å². The normalized spacial score (nSPS) is 8.33. The minimum atomic E-state index is 0.739. The maximum atomic E-state index is 5.26. The summed E-state index contributed by atoms with van der Waals surface area (Å²) in [6.07, 6.45) is 0. The molecule has 1 aromatic rings. The molecule has 0 amide bonds. The smallest absolute Gasteiger partial charge is 0.119 e. The molecule has 0 aliphatic carbocycles. The highest BCUT2D eigenvalue weighted by atomic mass is 16.5. The second-order valence-corrected chi connectivity index (χ2v) is 2.25. The van der Waals surface area contributed by atoms with E-state index in [1.165, 1.54) is 5.56 Å². The predicted octanol–water partition coefficient (Wildman–Crippen LogP) is 3.42. The van der Waals surface area contributed by atoms with Crippen LogP contribution in [-0.4, -0.2) is 6.61 Å². The predicted molar refractivity (Wildman–Crippen MR) is 53.7 cm³/mol. The fourth-order valence-corrected chi connectivity index (χ4v) is 0.801. The average molecular weight is 166 g/mol. The van der Waals surface area contributed by atoms with Crippen LogP contribution in [0.15, 0.2) is 24.3 Å². The fraction of sp³-hybridized carbons (Fsp3) is 0.455. The summed E-state index contributed by atoms with van der Waals surface area (Å²) >= 11 is 0. The monoisotopic (exact) mass is 166 g/mol. The van der Waals surface area contributed by atoms with Crippen molar-refractivity contribution in [2.45, 2.75) is 27.7 Å². The van der Waals surface area contributed by atoms with Gasteiger partial charge in [-0.2, -0.15) is 0 Å². The fourth-order valence-electron chi connectivity index (χ4n) is 0.801. The van der Waals surface area contributed by atoms with Gasteiger partial charge in [0.25, 0.3) is 0 Å². The summed E-state index contributed by atoms with van der Waals surface area (Å²) in [5.74, 6) is 0.952. The molecule has 0 radical (unpaired) electrons. The molecule has 1 aromatic carbocycles. The van der Waals surface area contributed by atoms with Crippen LogP contribution in [0.5, 0.6) is 5.75 Å². The van der Waals surface area contributed by atoms with Gasteiger partial charge in [-0.3, -0.25) is 0 Å². The molecule has 0 N–H and O–H groups in total. The van der Waals surface area contributed by atoms with E-state index in [0.717, 1.165) is 12.4 Å². The van der Waals surface area contributed by atoms with Gasteiger partial charge >= 0.3 is 0 Å². The van der Waals surface area contributed by atoms with Crippen molar-refractivity contribution in [1.82, 2.24) is 0 Å². The van der Waals surface area contributed by atoms with Crippen molar-refractivity contribution in [2.24, 2.45) is 0 Å². The van der Waals surface area contributed by atoms with Gasteiger partial charge in [-0.15, -0.1) is 0 Å². The molecule has 0 atom stereocenters. The largest absolute Gasteiger partial charge is 0.494 e. The summed E-state index contributed by atoms with van der Waals surface area (Å²) in [6.45, 7) is 8.79. The van der Waals surface area contributed by atoms with Crippen molar-refractivity contribution in [3.63, 3.8) is 0 Å². The zero-order valence-electron chi connectivity index (χ0n) is 8.42. The van der Waals surface area contributed by atoms with Crippen LogP contribution in [0.4, 0.5) is 0 Å². The lowest BCUT2D eigenvalue weighted by molar-refractivity contribution is 0.340. The summed E-state index contributed by atoms with van der Waals surface area (Å²) in [7, 11) is 0. The van der Waals surface area contributed by atoms with Crippen LogP contribution in [0.25, 0.3) is 0 Å².